The molecular formula is C13H13ClOS. The molecule has 1 unspecified atom stereocenters. The highest BCUT2D eigenvalue weighted by Crippen LogP contribution is 2.23. The van der Waals surface area contributed by atoms with Crippen LogP contribution in [0.15, 0.2) is 41.1 Å². The van der Waals surface area contributed by atoms with Crippen LogP contribution in [0.5, 0.6) is 0 Å². The van der Waals surface area contributed by atoms with Crippen molar-refractivity contribution in [3.63, 3.8) is 0 Å². The Kier molecular flexibility index (Phi) is 3.99. The largest absolute Gasteiger partial charge is 0.396 e. The number of thiophene rings is 1. The highest BCUT2D eigenvalue weighted by Gasteiger charge is 2.11. The van der Waals surface area contributed by atoms with Crippen molar-refractivity contribution in [3.8, 4) is 0 Å². The Bertz CT molecular complexity index is 422. The highest BCUT2D eigenvalue weighted by atomic mass is 35.5. The fourth-order valence-electron chi connectivity index (χ4n) is 1.72. The van der Waals surface area contributed by atoms with Gasteiger partial charge in [-0.15, -0.1) is 0 Å². The summed E-state index contributed by atoms with van der Waals surface area (Å²) in [6, 6.07) is 9.80. The molecule has 2 aromatic rings. The number of hydrogen-bond donors (Lipinski definition) is 1. The molecule has 0 radical (unpaired) electrons. The second-order valence-electron chi connectivity index (χ2n) is 3.77. The average Bonchev–Trinajstić information content (AvgIpc) is 2.80. The summed E-state index contributed by atoms with van der Waals surface area (Å²) in [5, 5.41) is 14.3. The zero-order valence-electron chi connectivity index (χ0n) is 8.77. The van der Waals surface area contributed by atoms with Gasteiger partial charge in [-0.25, -0.2) is 0 Å². The number of halogens is 1. The molecule has 0 aliphatic carbocycles. The van der Waals surface area contributed by atoms with Gasteiger partial charge in [0.05, 0.1) is 6.61 Å². The Morgan fingerprint density at radius 2 is 1.94 bits per heavy atom. The molecule has 0 aliphatic heterocycles. The summed E-state index contributed by atoms with van der Waals surface area (Å²) in [6.45, 7) is 0.164. The van der Waals surface area contributed by atoms with Crippen LogP contribution >= 0.6 is 22.9 Å². The first-order valence-corrected chi connectivity index (χ1v) is 6.49. The van der Waals surface area contributed by atoms with Crippen LogP contribution in [0.25, 0.3) is 0 Å². The lowest BCUT2D eigenvalue weighted by atomic mass is 9.94. The fraction of sp³-hybridized carbons (Fsp3) is 0.231. The Balaban J connectivity index is 2.13. The molecule has 1 heterocycles. The van der Waals surface area contributed by atoms with Crippen molar-refractivity contribution in [1.29, 1.82) is 0 Å². The van der Waals surface area contributed by atoms with E-state index in [9.17, 15) is 5.11 Å². The minimum atomic E-state index is 0.159. The van der Waals surface area contributed by atoms with E-state index < -0.39 is 0 Å². The summed E-state index contributed by atoms with van der Waals surface area (Å²) < 4.78 is 0. The van der Waals surface area contributed by atoms with E-state index in [0.29, 0.717) is 0 Å². The molecule has 1 aromatic heterocycles. The second-order valence-corrected chi connectivity index (χ2v) is 4.98. The lowest BCUT2D eigenvalue weighted by molar-refractivity contribution is 0.264. The van der Waals surface area contributed by atoms with E-state index in [2.05, 4.69) is 16.8 Å². The van der Waals surface area contributed by atoms with Crippen LogP contribution in [0.3, 0.4) is 0 Å². The van der Waals surface area contributed by atoms with Crippen molar-refractivity contribution in [3.05, 3.63) is 57.2 Å². The number of rotatable bonds is 4. The van der Waals surface area contributed by atoms with Crippen LogP contribution in [-0.2, 0) is 6.42 Å². The Hall–Kier alpha value is -0.830. The van der Waals surface area contributed by atoms with Gasteiger partial charge >= 0.3 is 0 Å². The molecule has 0 bridgehead atoms. The molecule has 1 nitrogen and oxygen atoms in total. The summed E-state index contributed by atoms with van der Waals surface area (Å²) in [4.78, 5) is 0. The third-order valence-corrected chi connectivity index (χ3v) is 3.61. The molecule has 0 fully saturated rings. The standard InChI is InChI=1S/C13H13ClOS/c14-13-3-1-11(2-4-13)12(8-15)7-10-5-6-16-9-10/h1-6,9,12,15H,7-8H2. The Morgan fingerprint density at radius 1 is 1.19 bits per heavy atom. The van der Waals surface area contributed by atoms with Gasteiger partial charge in [-0.2, -0.15) is 11.3 Å². The van der Waals surface area contributed by atoms with Gasteiger partial charge < -0.3 is 5.11 Å². The summed E-state index contributed by atoms with van der Waals surface area (Å²) >= 11 is 7.53. The van der Waals surface area contributed by atoms with Crippen LogP contribution in [0.2, 0.25) is 5.02 Å². The van der Waals surface area contributed by atoms with Crippen LogP contribution in [0.4, 0.5) is 0 Å². The molecular weight excluding hydrogens is 240 g/mol. The molecule has 0 aliphatic rings. The van der Waals surface area contributed by atoms with Crippen LogP contribution in [0, 0.1) is 0 Å². The van der Waals surface area contributed by atoms with Crippen LogP contribution < -0.4 is 0 Å². The van der Waals surface area contributed by atoms with Gasteiger partial charge in [0.2, 0.25) is 0 Å². The van der Waals surface area contributed by atoms with E-state index in [-0.39, 0.29) is 12.5 Å². The molecule has 1 N–H and O–H groups in total. The number of benzene rings is 1. The molecule has 84 valence electrons. The quantitative estimate of drug-likeness (QED) is 0.879. The van der Waals surface area contributed by atoms with E-state index in [1.807, 2.05) is 24.3 Å². The predicted octanol–water partition coefficient (Wildman–Crippen LogP) is 3.72. The molecule has 16 heavy (non-hydrogen) atoms. The first-order chi connectivity index (χ1) is 7.79. The van der Waals surface area contributed by atoms with Crippen molar-refractivity contribution in [2.75, 3.05) is 6.61 Å². The second kappa shape index (κ2) is 5.48. The third-order valence-electron chi connectivity index (χ3n) is 2.62. The zero-order valence-corrected chi connectivity index (χ0v) is 10.3. The summed E-state index contributed by atoms with van der Waals surface area (Å²) in [5.41, 5.74) is 2.41. The third kappa shape index (κ3) is 2.85. The predicted molar refractivity (Wildman–Crippen MR) is 69.3 cm³/mol. The molecule has 2 rings (SSSR count). The monoisotopic (exact) mass is 252 g/mol. The summed E-state index contributed by atoms with van der Waals surface area (Å²) in [7, 11) is 0. The molecule has 0 saturated heterocycles. The van der Waals surface area contributed by atoms with Crippen molar-refractivity contribution in [1.82, 2.24) is 0 Å². The zero-order chi connectivity index (χ0) is 11.4. The topological polar surface area (TPSA) is 20.2 Å². The van der Waals surface area contributed by atoms with E-state index >= 15 is 0 Å². The molecule has 1 atom stereocenters. The molecule has 0 spiro atoms. The van der Waals surface area contributed by atoms with E-state index in [1.165, 1.54) is 5.56 Å². The lowest BCUT2D eigenvalue weighted by Gasteiger charge is -2.13. The number of hydrogen-bond acceptors (Lipinski definition) is 2. The van der Waals surface area contributed by atoms with E-state index in [1.54, 1.807) is 11.3 Å². The Morgan fingerprint density at radius 3 is 2.50 bits per heavy atom. The van der Waals surface area contributed by atoms with E-state index in [0.717, 1.165) is 17.0 Å². The van der Waals surface area contributed by atoms with Crippen LogP contribution in [0.1, 0.15) is 17.0 Å². The van der Waals surface area contributed by atoms with Crippen molar-refractivity contribution >= 4 is 22.9 Å². The van der Waals surface area contributed by atoms with Crippen LogP contribution in [-0.4, -0.2) is 11.7 Å². The summed E-state index contributed by atoms with van der Waals surface area (Å²) in [6.07, 6.45) is 0.877. The molecule has 0 amide bonds. The normalized spacial score (nSPS) is 12.6. The van der Waals surface area contributed by atoms with Crippen molar-refractivity contribution in [2.24, 2.45) is 0 Å². The minimum absolute atomic E-state index is 0.159. The maximum absolute atomic E-state index is 9.42. The maximum atomic E-state index is 9.42. The minimum Gasteiger partial charge on any atom is -0.396 e. The van der Waals surface area contributed by atoms with Crippen molar-refractivity contribution < 1.29 is 5.11 Å². The van der Waals surface area contributed by atoms with Gasteiger partial charge in [-0.1, -0.05) is 23.7 Å². The molecule has 1 aromatic carbocycles. The van der Waals surface area contributed by atoms with Gasteiger partial charge in [0.25, 0.3) is 0 Å². The lowest BCUT2D eigenvalue weighted by Crippen LogP contribution is -2.07. The average molecular weight is 253 g/mol. The smallest absolute Gasteiger partial charge is 0.0502 e. The van der Waals surface area contributed by atoms with E-state index in [4.69, 9.17) is 11.6 Å². The first kappa shape index (κ1) is 11.6. The fourth-order valence-corrected chi connectivity index (χ4v) is 2.52. The SMILES string of the molecule is OCC(Cc1ccsc1)c1ccc(Cl)cc1. The van der Waals surface area contributed by atoms with Gasteiger partial charge in [-0.3, -0.25) is 0 Å². The maximum Gasteiger partial charge on any atom is 0.0502 e. The van der Waals surface area contributed by atoms with Crippen molar-refractivity contribution in [2.45, 2.75) is 12.3 Å². The molecule has 0 saturated carbocycles. The first-order valence-electron chi connectivity index (χ1n) is 5.17. The number of aliphatic hydroxyl groups excluding tert-OH is 1. The highest BCUT2D eigenvalue weighted by molar-refractivity contribution is 7.07. The molecule has 3 heteroatoms. The van der Waals surface area contributed by atoms with Gasteiger partial charge in [0.15, 0.2) is 0 Å². The number of aliphatic hydroxyl groups is 1. The van der Waals surface area contributed by atoms with Gasteiger partial charge in [0.1, 0.15) is 0 Å². The Labute approximate surface area is 104 Å². The van der Waals surface area contributed by atoms with Gasteiger partial charge in [-0.05, 0) is 46.5 Å². The van der Waals surface area contributed by atoms with Gasteiger partial charge in [0, 0.05) is 10.9 Å². The summed E-state index contributed by atoms with van der Waals surface area (Å²) in [5.74, 6) is 0.159.